The zero-order chi connectivity index (χ0) is 24.1. The molecular formula is C26H34N4O3S. The Bertz CT molecular complexity index is 1140. The molecule has 7 nitrogen and oxygen atoms in total. The van der Waals surface area contributed by atoms with Crippen LogP contribution in [0.1, 0.15) is 73.1 Å². The Labute approximate surface area is 205 Å². The van der Waals surface area contributed by atoms with E-state index in [1.54, 1.807) is 21.3 Å². The first-order chi connectivity index (χ1) is 16.6. The van der Waals surface area contributed by atoms with Gasteiger partial charge in [-0.1, -0.05) is 39.0 Å². The molecule has 3 heterocycles. The predicted molar refractivity (Wildman–Crippen MR) is 136 cm³/mol. The SMILES string of the molecule is CCCCCCCCc1cc2c(s1)-n1c(C)nnc1CN=C2c1cc(OC)c(OC)c(OC)c1. The molecule has 0 aliphatic carbocycles. The highest BCUT2D eigenvalue weighted by Crippen LogP contribution is 2.40. The summed E-state index contributed by atoms with van der Waals surface area (Å²) in [5.74, 6) is 3.54. The first kappa shape index (κ1) is 24.3. The maximum atomic E-state index is 5.61. The molecule has 0 spiro atoms. The second-order valence-corrected chi connectivity index (χ2v) is 9.64. The molecule has 2 aromatic heterocycles. The van der Waals surface area contributed by atoms with E-state index in [9.17, 15) is 0 Å². The Kier molecular flexibility index (Phi) is 7.88. The van der Waals surface area contributed by atoms with Gasteiger partial charge < -0.3 is 14.2 Å². The van der Waals surface area contributed by atoms with Gasteiger partial charge in [-0.05, 0) is 38.0 Å². The number of aromatic nitrogens is 3. The molecule has 182 valence electrons. The number of ether oxygens (including phenoxy) is 3. The minimum atomic E-state index is 0.459. The van der Waals surface area contributed by atoms with Crippen molar-refractivity contribution in [3.8, 4) is 22.2 Å². The van der Waals surface area contributed by atoms with Crippen LogP contribution in [0.15, 0.2) is 23.2 Å². The molecule has 0 atom stereocenters. The van der Waals surface area contributed by atoms with Gasteiger partial charge in [0.05, 0.1) is 27.0 Å². The molecule has 0 bridgehead atoms. The summed E-state index contributed by atoms with van der Waals surface area (Å²) in [6.45, 7) is 4.71. The van der Waals surface area contributed by atoms with Crippen molar-refractivity contribution in [3.05, 3.63) is 45.9 Å². The van der Waals surface area contributed by atoms with E-state index in [1.807, 2.05) is 30.4 Å². The zero-order valence-corrected chi connectivity index (χ0v) is 21.6. The van der Waals surface area contributed by atoms with Crippen LogP contribution in [0.4, 0.5) is 0 Å². The summed E-state index contributed by atoms with van der Waals surface area (Å²) in [6.07, 6.45) is 8.80. The lowest BCUT2D eigenvalue weighted by Gasteiger charge is -2.15. The fourth-order valence-electron chi connectivity index (χ4n) is 4.44. The van der Waals surface area contributed by atoms with Crippen molar-refractivity contribution in [2.24, 2.45) is 4.99 Å². The number of unbranched alkanes of at least 4 members (excludes halogenated alkanes) is 5. The Morgan fingerprint density at radius 1 is 0.912 bits per heavy atom. The average molecular weight is 483 g/mol. The molecule has 3 aromatic rings. The maximum Gasteiger partial charge on any atom is 0.203 e. The van der Waals surface area contributed by atoms with Crippen molar-refractivity contribution in [3.63, 3.8) is 0 Å². The van der Waals surface area contributed by atoms with Crippen molar-refractivity contribution in [1.82, 2.24) is 14.8 Å². The molecule has 8 heteroatoms. The van der Waals surface area contributed by atoms with Crippen molar-refractivity contribution < 1.29 is 14.2 Å². The van der Waals surface area contributed by atoms with Crippen LogP contribution in [0, 0.1) is 6.92 Å². The number of nitrogens with zero attached hydrogens (tertiary/aromatic N) is 4. The predicted octanol–water partition coefficient (Wildman–Crippen LogP) is 5.92. The van der Waals surface area contributed by atoms with E-state index in [0.29, 0.717) is 23.8 Å². The smallest absolute Gasteiger partial charge is 0.203 e. The third kappa shape index (κ3) is 4.82. The fourth-order valence-corrected chi connectivity index (χ4v) is 5.71. The molecule has 34 heavy (non-hydrogen) atoms. The molecule has 0 N–H and O–H groups in total. The second-order valence-electron chi connectivity index (χ2n) is 8.53. The number of rotatable bonds is 11. The lowest BCUT2D eigenvalue weighted by atomic mass is 10.0. The van der Waals surface area contributed by atoms with Gasteiger partial charge in [-0.25, -0.2) is 0 Å². The molecule has 0 fully saturated rings. The highest BCUT2D eigenvalue weighted by molar-refractivity contribution is 7.15. The minimum absolute atomic E-state index is 0.459. The van der Waals surface area contributed by atoms with Crippen LogP contribution >= 0.6 is 11.3 Å². The molecule has 1 aliphatic heterocycles. The van der Waals surface area contributed by atoms with E-state index in [4.69, 9.17) is 19.2 Å². The second kappa shape index (κ2) is 11.0. The molecule has 4 rings (SSSR count). The maximum absolute atomic E-state index is 5.61. The van der Waals surface area contributed by atoms with Gasteiger partial charge in [0.1, 0.15) is 17.4 Å². The van der Waals surface area contributed by atoms with Gasteiger partial charge in [-0.15, -0.1) is 21.5 Å². The van der Waals surface area contributed by atoms with E-state index in [1.165, 1.54) is 43.4 Å². The van der Waals surface area contributed by atoms with Crippen LogP contribution in [-0.4, -0.2) is 41.8 Å². The largest absolute Gasteiger partial charge is 0.493 e. The van der Waals surface area contributed by atoms with Gasteiger partial charge in [0.25, 0.3) is 0 Å². The van der Waals surface area contributed by atoms with Crippen LogP contribution in [0.3, 0.4) is 0 Å². The molecule has 1 aromatic carbocycles. The highest BCUT2D eigenvalue weighted by atomic mass is 32.1. The van der Waals surface area contributed by atoms with Crippen LogP contribution in [0.25, 0.3) is 5.00 Å². The monoisotopic (exact) mass is 482 g/mol. The summed E-state index contributed by atoms with van der Waals surface area (Å²) in [6, 6.07) is 6.23. The van der Waals surface area contributed by atoms with Crippen molar-refractivity contribution in [2.45, 2.75) is 65.3 Å². The highest BCUT2D eigenvalue weighted by Gasteiger charge is 2.26. The van der Waals surface area contributed by atoms with Gasteiger partial charge >= 0.3 is 0 Å². The lowest BCUT2D eigenvalue weighted by Crippen LogP contribution is -2.07. The van der Waals surface area contributed by atoms with Crippen molar-refractivity contribution in [1.29, 1.82) is 0 Å². The summed E-state index contributed by atoms with van der Waals surface area (Å²) >= 11 is 1.82. The number of methoxy groups -OCH3 is 3. The quantitative estimate of drug-likeness (QED) is 0.317. The summed E-state index contributed by atoms with van der Waals surface area (Å²) in [5, 5.41) is 9.84. The van der Waals surface area contributed by atoms with E-state index in [0.717, 1.165) is 39.9 Å². The van der Waals surface area contributed by atoms with Crippen molar-refractivity contribution >= 4 is 17.0 Å². The van der Waals surface area contributed by atoms with Gasteiger partial charge in [0.15, 0.2) is 17.3 Å². The van der Waals surface area contributed by atoms with E-state index in [-0.39, 0.29) is 0 Å². The summed E-state index contributed by atoms with van der Waals surface area (Å²) < 4.78 is 18.9. The number of aliphatic imine (C=N–C) groups is 1. The minimum Gasteiger partial charge on any atom is -0.493 e. The summed E-state index contributed by atoms with van der Waals surface area (Å²) in [7, 11) is 4.88. The molecule has 0 unspecified atom stereocenters. The van der Waals surface area contributed by atoms with Gasteiger partial charge in [0.2, 0.25) is 5.75 Å². The average Bonchev–Trinajstić information content (AvgIpc) is 3.39. The third-order valence-corrected chi connectivity index (χ3v) is 7.39. The molecule has 0 amide bonds. The zero-order valence-electron chi connectivity index (χ0n) is 20.8. The Morgan fingerprint density at radius 3 is 2.29 bits per heavy atom. The fraction of sp³-hybridized carbons (Fsp3) is 0.500. The number of thiophene rings is 1. The van der Waals surface area contributed by atoms with Crippen molar-refractivity contribution in [2.75, 3.05) is 21.3 Å². The molecular weight excluding hydrogens is 448 g/mol. The van der Waals surface area contributed by atoms with Crippen LogP contribution in [0.5, 0.6) is 17.2 Å². The molecule has 0 radical (unpaired) electrons. The topological polar surface area (TPSA) is 70.8 Å². The van der Waals surface area contributed by atoms with Gasteiger partial charge in [-0.2, -0.15) is 0 Å². The van der Waals surface area contributed by atoms with Gasteiger partial charge in [-0.3, -0.25) is 9.56 Å². The number of fused-ring (bicyclic) bond motifs is 3. The molecule has 0 saturated carbocycles. The Balaban J connectivity index is 1.71. The standard InChI is InChI=1S/C26H34N4O3S/c1-6-7-8-9-10-11-12-19-15-20-24(18-13-21(31-3)25(33-5)22(14-18)32-4)27-16-23-29-28-17(2)30(23)26(20)34-19/h13-15H,6-12,16H2,1-5H3. The van der Waals surface area contributed by atoms with Crippen LogP contribution < -0.4 is 14.2 Å². The van der Waals surface area contributed by atoms with E-state index in [2.05, 4.69) is 27.8 Å². The lowest BCUT2D eigenvalue weighted by molar-refractivity contribution is 0.324. The number of aryl methyl sites for hydroxylation is 2. The number of benzene rings is 1. The van der Waals surface area contributed by atoms with Gasteiger partial charge in [0, 0.05) is 16.0 Å². The van der Waals surface area contributed by atoms with Crippen LogP contribution in [0.2, 0.25) is 0 Å². The summed E-state index contributed by atoms with van der Waals surface area (Å²) in [5.41, 5.74) is 2.93. The number of hydrogen-bond acceptors (Lipinski definition) is 7. The third-order valence-electron chi connectivity index (χ3n) is 6.21. The molecule has 0 saturated heterocycles. The normalized spacial score (nSPS) is 12.6. The first-order valence-electron chi connectivity index (χ1n) is 12.0. The van der Waals surface area contributed by atoms with Crippen LogP contribution in [-0.2, 0) is 13.0 Å². The molecule has 1 aliphatic rings. The Hall–Kier alpha value is -2.87. The summed E-state index contributed by atoms with van der Waals surface area (Å²) in [4.78, 5) is 6.35. The Morgan fingerprint density at radius 2 is 1.62 bits per heavy atom. The first-order valence-corrected chi connectivity index (χ1v) is 12.8. The van der Waals surface area contributed by atoms with E-state index >= 15 is 0 Å². The number of hydrogen-bond donors (Lipinski definition) is 0. The van der Waals surface area contributed by atoms with E-state index < -0.39 is 0 Å².